The van der Waals surface area contributed by atoms with Crippen LogP contribution in [0.2, 0.25) is 0 Å². The molecule has 0 radical (unpaired) electrons. The van der Waals surface area contributed by atoms with Crippen LogP contribution in [-0.2, 0) is 5.41 Å². The average Bonchev–Trinajstić information content (AvgIpc) is 3.79. The van der Waals surface area contributed by atoms with Crippen molar-refractivity contribution in [1.82, 2.24) is 0 Å². The van der Waals surface area contributed by atoms with E-state index in [4.69, 9.17) is 0 Å². The van der Waals surface area contributed by atoms with Gasteiger partial charge in [0.25, 0.3) is 0 Å². The number of hydrogen-bond acceptors (Lipinski definition) is 2. The molecular weight excluding hydrogens is 683 g/mol. The summed E-state index contributed by atoms with van der Waals surface area (Å²) in [7, 11) is 0. The minimum atomic E-state index is -0.495. The Balaban J connectivity index is 1.08. The summed E-state index contributed by atoms with van der Waals surface area (Å²) in [6.45, 7) is 0. The number of hydrogen-bond donors (Lipinski definition) is 0. The molecule has 1 aliphatic carbocycles. The highest BCUT2D eigenvalue weighted by atomic mass is 32.1. The van der Waals surface area contributed by atoms with Crippen molar-refractivity contribution in [3.63, 3.8) is 0 Å². The van der Waals surface area contributed by atoms with E-state index in [1.54, 1.807) is 0 Å². The van der Waals surface area contributed by atoms with Gasteiger partial charge in [-0.05, 0) is 104 Å². The largest absolute Gasteiger partial charge is 0.311 e. The molecule has 258 valence electrons. The van der Waals surface area contributed by atoms with Crippen LogP contribution in [0.5, 0.6) is 0 Å². The Bertz CT molecular complexity index is 2980. The number of thiophene rings is 1. The van der Waals surface area contributed by atoms with Crippen molar-refractivity contribution < 1.29 is 0 Å². The van der Waals surface area contributed by atoms with Gasteiger partial charge >= 0.3 is 0 Å². The fourth-order valence-electron chi connectivity index (χ4n) is 9.09. The van der Waals surface area contributed by atoms with Crippen LogP contribution < -0.4 is 4.90 Å². The van der Waals surface area contributed by atoms with Crippen molar-refractivity contribution >= 4 is 59.3 Å². The van der Waals surface area contributed by atoms with Crippen LogP contribution in [0.15, 0.2) is 212 Å². The minimum Gasteiger partial charge on any atom is -0.311 e. The second-order valence-electron chi connectivity index (χ2n) is 14.4. The number of benzene rings is 9. The first kappa shape index (κ1) is 31.8. The maximum absolute atomic E-state index is 2.37. The lowest BCUT2D eigenvalue weighted by molar-refractivity contribution is 0.778. The van der Waals surface area contributed by atoms with E-state index in [0.717, 1.165) is 17.1 Å². The summed E-state index contributed by atoms with van der Waals surface area (Å²) < 4.78 is 2.66. The highest BCUT2D eigenvalue weighted by Gasteiger charge is 2.47. The number of para-hydroxylation sites is 1. The van der Waals surface area contributed by atoms with Crippen LogP contribution in [0.25, 0.3) is 53.2 Å². The fourth-order valence-corrected chi connectivity index (χ4v) is 10.4. The molecule has 0 bridgehead atoms. The SMILES string of the molecule is c1ccc(N(c2ccc(-c3ccc4ccccc4c3)cc2)c2ccc(C3(c4cccc5c4sc4ccccc45)c4ccccc4-c4ccccc43)cc2)cc1. The molecule has 0 fully saturated rings. The van der Waals surface area contributed by atoms with Gasteiger partial charge in [0.1, 0.15) is 0 Å². The summed E-state index contributed by atoms with van der Waals surface area (Å²) in [5, 5.41) is 5.15. The van der Waals surface area contributed by atoms with Gasteiger partial charge in [0.15, 0.2) is 0 Å². The summed E-state index contributed by atoms with van der Waals surface area (Å²) in [5.41, 5.74) is 13.1. The second kappa shape index (κ2) is 12.7. The van der Waals surface area contributed by atoms with Crippen LogP contribution in [0.4, 0.5) is 17.1 Å². The van der Waals surface area contributed by atoms with Crippen LogP contribution in [0, 0.1) is 0 Å². The van der Waals surface area contributed by atoms with Crippen molar-refractivity contribution in [1.29, 1.82) is 0 Å². The van der Waals surface area contributed by atoms with Gasteiger partial charge in [-0.15, -0.1) is 11.3 Å². The van der Waals surface area contributed by atoms with Crippen LogP contribution in [0.3, 0.4) is 0 Å². The Morgan fingerprint density at radius 3 is 1.65 bits per heavy atom. The van der Waals surface area contributed by atoms with Crippen LogP contribution in [0.1, 0.15) is 22.3 Å². The third-order valence-corrected chi connectivity index (χ3v) is 12.8. The standard InChI is InChI=1S/C53H35NS/c1-2-15-41(16-3-1)54(42-31-27-37(28-32-42)39-26-25-36-13-4-5-14-38(36)35-39)43-33-29-40(30-34-43)53(48-21-9-6-17-44(48)45-18-7-10-22-49(45)53)50-23-12-20-47-46-19-8-11-24-51(46)55-52(47)50/h1-35H. The van der Waals surface area contributed by atoms with Crippen molar-refractivity contribution in [3.8, 4) is 22.3 Å². The van der Waals surface area contributed by atoms with E-state index in [1.807, 2.05) is 11.3 Å². The van der Waals surface area contributed by atoms with E-state index in [0.29, 0.717) is 0 Å². The van der Waals surface area contributed by atoms with E-state index in [2.05, 4.69) is 217 Å². The normalized spacial score (nSPS) is 12.9. The lowest BCUT2D eigenvalue weighted by Crippen LogP contribution is -2.28. The van der Waals surface area contributed by atoms with Crippen molar-refractivity contribution in [3.05, 3.63) is 235 Å². The van der Waals surface area contributed by atoms with E-state index in [9.17, 15) is 0 Å². The van der Waals surface area contributed by atoms with Gasteiger partial charge in [-0.2, -0.15) is 0 Å². The molecule has 1 aromatic heterocycles. The molecule has 0 amide bonds. The van der Waals surface area contributed by atoms with Gasteiger partial charge in [0.05, 0.1) is 5.41 Å². The third kappa shape index (κ3) is 4.92. The van der Waals surface area contributed by atoms with E-state index in [1.165, 1.54) is 75.5 Å². The molecule has 1 heterocycles. The molecule has 9 aromatic carbocycles. The monoisotopic (exact) mass is 717 g/mol. The molecule has 0 N–H and O–H groups in total. The maximum Gasteiger partial charge on any atom is 0.0727 e. The summed E-state index contributed by atoms with van der Waals surface area (Å²) in [6, 6.07) is 78.2. The zero-order valence-corrected chi connectivity index (χ0v) is 30.9. The first-order chi connectivity index (χ1) is 27.3. The first-order valence-electron chi connectivity index (χ1n) is 18.9. The Kier molecular flexibility index (Phi) is 7.33. The Hall–Kier alpha value is -6.74. The Labute approximate surface area is 325 Å². The highest BCUT2D eigenvalue weighted by Crippen LogP contribution is 2.58. The number of nitrogens with zero attached hydrogens (tertiary/aromatic N) is 1. The van der Waals surface area contributed by atoms with Crippen LogP contribution in [-0.4, -0.2) is 0 Å². The fraction of sp³-hybridized carbons (Fsp3) is 0.0189. The lowest BCUT2D eigenvalue weighted by Gasteiger charge is -2.35. The molecule has 0 spiro atoms. The number of fused-ring (bicyclic) bond motifs is 7. The molecule has 0 saturated carbocycles. The molecule has 55 heavy (non-hydrogen) atoms. The molecule has 0 unspecified atom stereocenters. The van der Waals surface area contributed by atoms with Gasteiger partial charge in [-0.25, -0.2) is 0 Å². The highest BCUT2D eigenvalue weighted by molar-refractivity contribution is 7.26. The molecular formula is C53H35NS. The summed E-state index contributed by atoms with van der Waals surface area (Å²) in [5.74, 6) is 0. The van der Waals surface area contributed by atoms with Gasteiger partial charge in [0.2, 0.25) is 0 Å². The summed E-state index contributed by atoms with van der Waals surface area (Å²) >= 11 is 1.91. The van der Waals surface area contributed by atoms with E-state index < -0.39 is 5.41 Å². The topological polar surface area (TPSA) is 3.24 Å². The summed E-state index contributed by atoms with van der Waals surface area (Å²) in [4.78, 5) is 2.36. The number of anilines is 3. The van der Waals surface area contributed by atoms with Gasteiger partial charge in [-0.1, -0.05) is 164 Å². The zero-order valence-electron chi connectivity index (χ0n) is 30.1. The smallest absolute Gasteiger partial charge is 0.0727 e. The predicted molar refractivity (Wildman–Crippen MR) is 234 cm³/mol. The second-order valence-corrected chi connectivity index (χ2v) is 15.5. The van der Waals surface area contributed by atoms with E-state index >= 15 is 0 Å². The Morgan fingerprint density at radius 1 is 0.364 bits per heavy atom. The van der Waals surface area contributed by atoms with Gasteiger partial charge in [-0.3, -0.25) is 0 Å². The third-order valence-electron chi connectivity index (χ3n) is 11.5. The van der Waals surface area contributed by atoms with Crippen molar-refractivity contribution in [2.75, 3.05) is 4.90 Å². The molecule has 0 atom stereocenters. The van der Waals surface area contributed by atoms with Crippen molar-refractivity contribution in [2.45, 2.75) is 5.41 Å². The molecule has 0 aliphatic heterocycles. The quantitative estimate of drug-likeness (QED) is 0.166. The molecule has 2 heteroatoms. The molecule has 1 aliphatic rings. The molecule has 1 nitrogen and oxygen atoms in total. The minimum absolute atomic E-state index is 0.495. The molecule has 10 aromatic rings. The number of rotatable bonds is 6. The average molecular weight is 718 g/mol. The summed E-state index contributed by atoms with van der Waals surface area (Å²) in [6.07, 6.45) is 0. The van der Waals surface area contributed by atoms with Gasteiger partial charge < -0.3 is 4.90 Å². The van der Waals surface area contributed by atoms with E-state index in [-0.39, 0.29) is 0 Å². The zero-order chi connectivity index (χ0) is 36.3. The maximum atomic E-state index is 2.37. The lowest BCUT2D eigenvalue weighted by atomic mass is 9.67. The van der Waals surface area contributed by atoms with Crippen molar-refractivity contribution in [2.24, 2.45) is 0 Å². The Morgan fingerprint density at radius 2 is 0.909 bits per heavy atom. The van der Waals surface area contributed by atoms with Crippen LogP contribution >= 0.6 is 11.3 Å². The molecule has 11 rings (SSSR count). The molecule has 0 saturated heterocycles. The first-order valence-corrected chi connectivity index (χ1v) is 19.7. The predicted octanol–water partition coefficient (Wildman–Crippen LogP) is 14.7. The van der Waals surface area contributed by atoms with Gasteiger partial charge in [0, 0.05) is 37.2 Å².